The van der Waals surface area contributed by atoms with E-state index in [0.717, 1.165) is 43.8 Å². The Bertz CT molecular complexity index is 650. The Morgan fingerprint density at radius 1 is 1.08 bits per heavy atom. The number of hydrogen-bond donors (Lipinski definition) is 0. The number of halogens is 1. The Labute approximate surface area is 161 Å². The van der Waals surface area contributed by atoms with Crippen molar-refractivity contribution in [3.63, 3.8) is 0 Å². The van der Waals surface area contributed by atoms with E-state index in [1.165, 1.54) is 5.56 Å². The molecular formula is C21H29ClN2O2. The van der Waals surface area contributed by atoms with Crippen LogP contribution in [0.3, 0.4) is 0 Å². The third-order valence-electron chi connectivity index (χ3n) is 5.53. The molecule has 2 amide bonds. The van der Waals surface area contributed by atoms with Crippen LogP contribution in [0.4, 0.5) is 0 Å². The molecule has 0 N–H and O–H groups in total. The van der Waals surface area contributed by atoms with Gasteiger partial charge in [0.1, 0.15) is 0 Å². The molecule has 1 aromatic rings. The molecule has 1 aromatic carbocycles. The topological polar surface area (TPSA) is 40.6 Å². The molecule has 2 aliphatic heterocycles. The lowest BCUT2D eigenvalue weighted by Gasteiger charge is -2.27. The zero-order valence-electron chi connectivity index (χ0n) is 15.8. The molecule has 0 saturated carbocycles. The van der Waals surface area contributed by atoms with Crippen molar-refractivity contribution in [2.24, 2.45) is 11.3 Å². The van der Waals surface area contributed by atoms with E-state index in [4.69, 9.17) is 11.6 Å². The minimum absolute atomic E-state index is 0.00331. The Kier molecular flexibility index (Phi) is 5.91. The van der Waals surface area contributed by atoms with Gasteiger partial charge < -0.3 is 9.80 Å². The fourth-order valence-corrected chi connectivity index (χ4v) is 4.25. The predicted octanol–water partition coefficient (Wildman–Crippen LogP) is 3.77. The lowest BCUT2D eigenvalue weighted by atomic mass is 9.82. The van der Waals surface area contributed by atoms with Crippen LogP contribution in [0.25, 0.3) is 0 Å². The number of carbonyl (C=O) groups is 2. The zero-order valence-corrected chi connectivity index (χ0v) is 16.6. The second-order valence-electron chi connectivity index (χ2n) is 8.50. The molecule has 3 rings (SSSR count). The first-order chi connectivity index (χ1) is 12.3. The third-order valence-corrected chi connectivity index (χ3v) is 5.79. The molecule has 1 atom stereocenters. The molecule has 0 spiro atoms. The summed E-state index contributed by atoms with van der Waals surface area (Å²) >= 11 is 5.95. The molecule has 2 fully saturated rings. The summed E-state index contributed by atoms with van der Waals surface area (Å²) in [5, 5.41) is 0.730. The summed E-state index contributed by atoms with van der Waals surface area (Å²) in [6.45, 7) is 7.32. The van der Waals surface area contributed by atoms with Crippen LogP contribution in [0, 0.1) is 11.3 Å². The normalized spacial score (nSPS) is 20.7. The van der Waals surface area contributed by atoms with Crippen molar-refractivity contribution in [2.75, 3.05) is 26.2 Å². The number of hydrogen-bond acceptors (Lipinski definition) is 2. The van der Waals surface area contributed by atoms with Crippen molar-refractivity contribution in [3.8, 4) is 0 Å². The highest BCUT2D eigenvalue weighted by Crippen LogP contribution is 2.29. The number of rotatable bonds is 5. The van der Waals surface area contributed by atoms with Gasteiger partial charge in [0.2, 0.25) is 11.8 Å². The van der Waals surface area contributed by atoms with E-state index < -0.39 is 0 Å². The van der Waals surface area contributed by atoms with Crippen molar-refractivity contribution in [3.05, 3.63) is 34.9 Å². The maximum absolute atomic E-state index is 12.8. The Balaban J connectivity index is 1.52. The van der Waals surface area contributed by atoms with Crippen molar-refractivity contribution in [2.45, 2.75) is 46.0 Å². The Morgan fingerprint density at radius 2 is 1.73 bits per heavy atom. The Morgan fingerprint density at radius 3 is 2.38 bits per heavy atom. The molecule has 2 aliphatic rings. The van der Waals surface area contributed by atoms with E-state index in [0.29, 0.717) is 19.5 Å². The smallest absolute Gasteiger partial charge is 0.227 e. The molecule has 5 heteroatoms. The molecule has 0 aliphatic carbocycles. The van der Waals surface area contributed by atoms with Gasteiger partial charge in [0.15, 0.2) is 0 Å². The van der Waals surface area contributed by atoms with E-state index in [9.17, 15) is 9.59 Å². The van der Waals surface area contributed by atoms with Gasteiger partial charge in [-0.2, -0.15) is 0 Å². The van der Waals surface area contributed by atoms with Crippen LogP contribution in [0.5, 0.6) is 0 Å². The standard InChI is InChI=1S/C21H29ClN2O2/c1-21(2,13-16-5-7-18(22)8-6-16)14-19(25)24-12-9-17(15-24)20(26)23-10-3-4-11-23/h5-8,17H,3-4,9-15H2,1-2H3. The summed E-state index contributed by atoms with van der Waals surface area (Å²) in [7, 11) is 0. The van der Waals surface area contributed by atoms with Crippen LogP contribution in [-0.2, 0) is 16.0 Å². The number of benzene rings is 1. The van der Waals surface area contributed by atoms with Crippen LogP contribution >= 0.6 is 11.6 Å². The number of amides is 2. The van der Waals surface area contributed by atoms with Gasteiger partial charge in [-0.15, -0.1) is 0 Å². The molecular weight excluding hydrogens is 348 g/mol. The largest absolute Gasteiger partial charge is 0.342 e. The van der Waals surface area contributed by atoms with Crippen LogP contribution in [-0.4, -0.2) is 47.8 Å². The number of likely N-dealkylation sites (tertiary alicyclic amines) is 2. The number of nitrogens with zero attached hydrogens (tertiary/aromatic N) is 2. The maximum atomic E-state index is 12.8. The molecule has 1 unspecified atom stereocenters. The van der Waals surface area contributed by atoms with E-state index >= 15 is 0 Å². The van der Waals surface area contributed by atoms with Crippen LogP contribution in [0.1, 0.15) is 45.1 Å². The predicted molar refractivity (Wildman–Crippen MR) is 104 cm³/mol. The van der Waals surface area contributed by atoms with Gasteiger partial charge in [0, 0.05) is 37.6 Å². The minimum atomic E-state index is -0.123. The first-order valence-electron chi connectivity index (χ1n) is 9.65. The summed E-state index contributed by atoms with van der Waals surface area (Å²) in [4.78, 5) is 29.2. The SMILES string of the molecule is CC(C)(CC(=O)N1CCC(C(=O)N2CCCC2)C1)Cc1ccc(Cl)cc1. The van der Waals surface area contributed by atoms with Gasteiger partial charge >= 0.3 is 0 Å². The highest BCUT2D eigenvalue weighted by Gasteiger charge is 2.35. The van der Waals surface area contributed by atoms with Crippen LogP contribution < -0.4 is 0 Å². The van der Waals surface area contributed by atoms with E-state index in [2.05, 4.69) is 13.8 Å². The fourth-order valence-electron chi connectivity index (χ4n) is 4.12. The molecule has 26 heavy (non-hydrogen) atoms. The molecule has 0 bridgehead atoms. The highest BCUT2D eigenvalue weighted by atomic mass is 35.5. The van der Waals surface area contributed by atoms with Gasteiger partial charge in [-0.05, 0) is 48.8 Å². The lowest BCUT2D eigenvalue weighted by molar-refractivity contribution is -0.135. The minimum Gasteiger partial charge on any atom is -0.342 e. The van der Waals surface area contributed by atoms with Crippen molar-refractivity contribution in [1.29, 1.82) is 0 Å². The average molecular weight is 377 g/mol. The summed E-state index contributed by atoms with van der Waals surface area (Å²) < 4.78 is 0. The van der Waals surface area contributed by atoms with Gasteiger partial charge in [-0.1, -0.05) is 37.6 Å². The van der Waals surface area contributed by atoms with Gasteiger partial charge in [-0.3, -0.25) is 9.59 Å². The molecule has 142 valence electrons. The highest BCUT2D eigenvalue weighted by molar-refractivity contribution is 6.30. The third kappa shape index (κ3) is 4.79. The first-order valence-corrected chi connectivity index (χ1v) is 10.0. The Hall–Kier alpha value is -1.55. The number of carbonyl (C=O) groups excluding carboxylic acids is 2. The van der Waals surface area contributed by atoms with E-state index in [1.54, 1.807) is 0 Å². The van der Waals surface area contributed by atoms with Gasteiger partial charge in [0.05, 0.1) is 5.92 Å². The zero-order chi connectivity index (χ0) is 18.7. The second kappa shape index (κ2) is 7.99. The maximum Gasteiger partial charge on any atom is 0.227 e. The molecule has 2 saturated heterocycles. The van der Waals surface area contributed by atoms with E-state index in [-0.39, 0.29) is 23.1 Å². The molecule has 2 heterocycles. The van der Waals surface area contributed by atoms with Crippen LogP contribution in [0.15, 0.2) is 24.3 Å². The van der Waals surface area contributed by atoms with Gasteiger partial charge in [0.25, 0.3) is 0 Å². The second-order valence-corrected chi connectivity index (χ2v) is 8.94. The molecule has 4 nitrogen and oxygen atoms in total. The van der Waals surface area contributed by atoms with Crippen molar-refractivity contribution >= 4 is 23.4 Å². The summed E-state index contributed by atoms with van der Waals surface area (Å²) in [5.41, 5.74) is 1.07. The fraction of sp³-hybridized carbons (Fsp3) is 0.619. The van der Waals surface area contributed by atoms with Gasteiger partial charge in [-0.25, -0.2) is 0 Å². The molecule has 0 aromatic heterocycles. The average Bonchev–Trinajstić information content (AvgIpc) is 3.27. The van der Waals surface area contributed by atoms with Crippen molar-refractivity contribution < 1.29 is 9.59 Å². The van der Waals surface area contributed by atoms with Crippen molar-refractivity contribution in [1.82, 2.24) is 9.80 Å². The van der Waals surface area contributed by atoms with Crippen LogP contribution in [0.2, 0.25) is 5.02 Å². The first kappa shape index (κ1) is 19.2. The summed E-state index contributed by atoms with van der Waals surface area (Å²) in [6.07, 6.45) is 4.36. The summed E-state index contributed by atoms with van der Waals surface area (Å²) in [6, 6.07) is 7.83. The molecule has 0 radical (unpaired) electrons. The summed E-state index contributed by atoms with van der Waals surface area (Å²) in [5.74, 6) is 0.412. The monoisotopic (exact) mass is 376 g/mol. The quantitative estimate of drug-likeness (QED) is 0.784. The lowest BCUT2D eigenvalue weighted by Crippen LogP contribution is -2.37. The van der Waals surface area contributed by atoms with E-state index in [1.807, 2.05) is 34.1 Å².